The Labute approximate surface area is 157 Å². The van der Waals surface area contributed by atoms with E-state index in [0.29, 0.717) is 18.6 Å². The van der Waals surface area contributed by atoms with E-state index in [-0.39, 0.29) is 11.8 Å². The minimum atomic E-state index is 0.0872. The van der Waals surface area contributed by atoms with Gasteiger partial charge in [0.25, 0.3) is 0 Å². The molecular formula is C18H24N6OS. The molecule has 2 aromatic rings. The molecule has 0 unspecified atom stereocenters. The molecule has 0 spiro atoms. The van der Waals surface area contributed by atoms with Crippen molar-refractivity contribution < 1.29 is 4.79 Å². The van der Waals surface area contributed by atoms with Crippen LogP contribution in [0.4, 0.5) is 0 Å². The molecular weight excluding hydrogens is 348 g/mol. The molecule has 2 aliphatic rings. The van der Waals surface area contributed by atoms with Crippen molar-refractivity contribution in [1.82, 2.24) is 30.4 Å². The first-order valence-electron chi connectivity index (χ1n) is 9.17. The number of carbonyl (C=O) groups excluding carboxylic acids is 1. The van der Waals surface area contributed by atoms with Crippen LogP contribution in [0.5, 0.6) is 0 Å². The highest BCUT2D eigenvalue weighted by atomic mass is 32.2. The lowest BCUT2D eigenvalue weighted by molar-refractivity contribution is -0.125. The van der Waals surface area contributed by atoms with Crippen LogP contribution in [0.25, 0.3) is 0 Å². The Hall–Kier alpha value is -1.93. The van der Waals surface area contributed by atoms with E-state index in [1.165, 1.54) is 12.0 Å². The zero-order chi connectivity index (χ0) is 17.9. The van der Waals surface area contributed by atoms with E-state index in [1.807, 2.05) is 7.05 Å². The third-order valence-electron chi connectivity index (χ3n) is 5.42. The summed E-state index contributed by atoms with van der Waals surface area (Å²) in [5, 5.41) is 15.3. The fourth-order valence-electron chi connectivity index (χ4n) is 4.24. The molecule has 1 N–H and O–H groups in total. The normalized spacial score (nSPS) is 25.3. The molecule has 0 radical (unpaired) electrons. The number of rotatable bonds is 6. The van der Waals surface area contributed by atoms with E-state index in [0.717, 1.165) is 30.3 Å². The molecule has 1 aromatic heterocycles. The molecule has 1 aromatic carbocycles. The molecule has 26 heavy (non-hydrogen) atoms. The van der Waals surface area contributed by atoms with Gasteiger partial charge >= 0.3 is 0 Å². The summed E-state index contributed by atoms with van der Waals surface area (Å²) in [6, 6.07) is 11.4. The van der Waals surface area contributed by atoms with E-state index >= 15 is 0 Å². The smallest absolute Gasteiger partial charge is 0.224 e. The molecule has 2 aliphatic heterocycles. The molecule has 3 atom stereocenters. The maximum absolute atomic E-state index is 12.8. The second-order valence-electron chi connectivity index (χ2n) is 6.94. The second-order valence-corrected chi connectivity index (χ2v) is 8.00. The van der Waals surface area contributed by atoms with E-state index in [1.54, 1.807) is 16.4 Å². The molecule has 2 saturated heterocycles. The van der Waals surface area contributed by atoms with Crippen molar-refractivity contribution in [3.63, 3.8) is 0 Å². The van der Waals surface area contributed by atoms with Gasteiger partial charge in [-0.2, -0.15) is 0 Å². The van der Waals surface area contributed by atoms with E-state index in [4.69, 9.17) is 0 Å². The van der Waals surface area contributed by atoms with Gasteiger partial charge in [-0.3, -0.25) is 9.69 Å². The number of hydrogen-bond acceptors (Lipinski definition) is 6. The van der Waals surface area contributed by atoms with Crippen molar-refractivity contribution >= 4 is 17.7 Å². The average molecular weight is 372 g/mol. The zero-order valence-corrected chi connectivity index (χ0v) is 15.7. The topological polar surface area (TPSA) is 75.9 Å². The van der Waals surface area contributed by atoms with Gasteiger partial charge in [0.2, 0.25) is 11.1 Å². The van der Waals surface area contributed by atoms with Gasteiger partial charge in [0.15, 0.2) is 0 Å². The number of fused-ring (bicyclic) bond motifs is 1. The van der Waals surface area contributed by atoms with Crippen LogP contribution in [-0.4, -0.2) is 55.9 Å². The number of amides is 1. The summed E-state index contributed by atoms with van der Waals surface area (Å²) in [7, 11) is 1.82. The predicted octanol–water partition coefficient (Wildman–Crippen LogP) is 1.64. The van der Waals surface area contributed by atoms with Crippen molar-refractivity contribution in [1.29, 1.82) is 0 Å². The van der Waals surface area contributed by atoms with Crippen molar-refractivity contribution in [3.8, 4) is 0 Å². The Morgan fingerprint density at radius 1 is 1.35 bits per heavy atom. The van der Waals surface area contributed by atoms with E-state index in [2.05, 4.69) is 56.1 Å². The van der Waals surface area contributed by atoms with Crippen molar-refractivity contribution in [2.24, 2.45) is 13.0 Å². The number of aromatic nitrogens is 4. The third kappa shape index (κ3) is 3.48. The Balaban J connectivity index is 1.33. The van der Waals surface area contributed by atoms with Crippen LogP contribution in [-0.2, 0) is 11.8 Å². The number of thioether (sulfide) groups is 1. The van der Waals surface area contributed by atoms with Gasteiger partial charge in [-0.05, 0) is 41.8 Å². The van der Waals surface area contributed by atoms with Gasteiger partial charge in [0.1, 0.15) is 0 Å². The number of aryl methyl sites for hydroxylation is 1. The first-order valence-corrected chi connectivity index (χ1v) is 10.2. The summed E-state index contributed by atoms with van der Waals surface area (Å²) in [5.41, 5.74) is 1.33. The highest BCUT2D eigenvalue weighted by Gasteiger charge is 2.46. The number of carbonyl (C=O) groups is 1. The van der Waals surface area contributed by atoms with Crippen LogP contribution < -0.4 is 5.32 Å². The van der Waals surface area contributed by atoms with Crippen LogP contribution in [0.3, 0.4) is 0 Å². The molecule has 0 saturated carbocycles. The third-order valence-corrected chi connectivity index (χ3v) is 6.43. The summed E-state index contributed by atoms with van der Waals surface area (Å²) in [4.78, 5) is 15.3. The van der Waals surface area contributed by atoms with Crippen molar-refractivity contribution in [2.45, 2.75) is 36.5 Å². The lowest BCUT2D eigenvalue weighted by atomic mass is 9.93. The Morgan fingerprint density at radius 2 is 2.19 bits per heavy atom. The van der Waals surface area contributed by atoms with Crippen LogP contribution >= 0.6 is 11.8 Å². The lowest BCUT2D eigenvalue weighted by Gasteiger charge is -2.24. The molecule has 7 nitrogen and oxygen atoms in total. The fraction of sp³-hybridized carbons (Fsp3) is 0.556. The summed E-state index contributed by atoms with van der Waals surface area (Å²) in [6.45, 7) is 1.73. The number of nitrogens with zero attached hydrogens (tertiary/aromatic N) is 5. The van der Waals surface area contributed by atoms with E-state index < -0.39 is 0 Å². The zero-order valence-electron chi connectivity index (χ0n) is 14.9. The molecule has 0 bridgehead atoms. The minimum absolute atomic E-state index is 0.0872. The lowest BCUT2D eigenvalue weighted by Crippen LogP contribution is -2.38. The summed E-state index contributed by atoms with van der Waals surface area (Å²) >= 11 is 1.56. The van der Waals surface area contributed by atoms with Crippen LogP contribution in [0.1, 0.15) is 30.9 Å². The highest BCUT2D eigenvalue weighted by molar-refractivity contribution is 7.99. The molecule has 4 rings (SSSR count). The Kier molecular flexibility index (Phi) is 5.21. The van der Waals surface area contributed by atoms with Crippen LogP contribution in [0.15, 0.2) is 35.5 Å². The quantitative estimate of drug-likeness (QED) is 0.614. The van der Waals surface area contributed by atoms with Gasteiger partial charge in [0.05, 0.1) is 5.92 Å². The monoisotopic (exact) mass is 372 g/mol. The number of tetrazole rings is 1. The van der Waals surface area contributed by atoms with Gasteiger partial charge in [0, 0.05) is 31.4 Å². The van der Waals surface area contributed by atoms with Gasteiger partial charge in [-0.25, -0.2) is 4.68 Å². The largest absolute Gasteiger partial charge is 0.355 e. The van der Waals surface area contributed by atoms with Crippen molar-refractivity contribution in [2.75, 3.05) is 18.8 Å². The van der Waals surface area contributed by atoms with Crippen LogP contribution in [0.2, 0.25) is 0 Å². The molecule has 8 heteroatoms. The maximum atomic E-state index is 12.8. The minimum Gasteiger partial charge on any atom is -0.355 e. The first-order chi connectivity index (χ1) is 12.7. The predicted molar refractivity (Wildman–Crippen MR) is 99.5 cm³/mol. The second kappa shape index (κ2) is 7.75. The van der Waals surface area contributed by atoms with Crippen molar-refractivity contribution in [3.05, 3.63) is 35.9 Å². The number of nitrogens with one attached hydrogen (secondary N) is 1. The molecule has 138 valence electrons. The SMILES string of the molecule is Cn1nnnc1SCCNC(=O)[C@H]1C[C@@H](c2ccccc2)N2CCC[C@H]12. The fourth-order valence-corrected chi connectivity index (χ4v) is 4.95. The number of benzene rings is 1. The molecule has 0 aliphatic carbocycles. The van der Waals surface area contributed by atoms with E-state index in [9.17, 15) is 4.79 Å². The van der Waals surface area contributed by atoms with Gasteiger partial charge < -0.3 is 5.32 Å². The summed E-state index contributed by atoms with van der Waals surface area (Å²) < 4.78 is 1.64. The average Bonchev–Trinajstić information content (AvgIpc) is 3.36. The number of hydrogen-bond donors (Lipinski definition) is 1. The van der Waals surface area contributed by atoms with Crippen LogP contribution in [0, 0.1) is 5.92 Å². The van der Waals surface area contributed by atoms with Gasteiger partial charge in [-0.1, -0.05) is 42.1 Å². The standard InChI is InChI=1S/C18H24N6OS/c1-23-18(20-21-22-23)26-11-9-19-17(25)14-12-16(13-6-3-2-4-7-13)24-10-5-8-15(14)24/h2-4,6-7,14-16H,5,8-12H2,1H3,(H,19,25)/t14-,15+,16-/m0/s1. The summed E-state index contributed by atoms with van der Waals surface area (Å²) in [6.07, 6.45) is 3.23. The molecule has 1 amide bonds. The Bertz CT molecular complexity index is 751. The molecule has 3 heterocycles. The first kappa shape index (κ1) is 17.5. The molecule has 2 fully saturated rings. The highest BCUT2D eigenvalue weighted by Crippen LogP contribution is 2.44. The Morgan fingerprint density at radius 3 is 2.96 bits per heavy atom. The summed E-state index contributed by atoms with van der Waals surface area (Å²) in [5.74, 6) is 1.05. The van der Waals surface area contributed by atoms with Gasteiger partial charge in [-0.15, -0.1) is 5.10 Å². The maximum Gasteiger partial charge on any atom is 0.224 e.